The Hall–Kier alpha value is -3.22. The van der Waals surface area contributed by atoms with Crippen molar-refractivity contribution in [3.05, 3.63) is 68.0 Å². The zero-order valence-electron chi connectivity index (χ0n) is 14.2. The molecule has 0 bridgehead atoms. The number of nitrogens with zero attached hydrogens (tertiary/aromatic N) is 2. The van der Waals surface area contributed by atoms with Gasteiger partial charge in [-0.1, -0.05) is 18.2 Å². The van der Waals surface area contributed by atoms with E-state index < -0.39 is 11.2 Å². The lowest BCUT2D eigenvalue weighted by Crippen LogP contribution is -2.32. The molecule has 0 atom stereocenters. The zero-order valence-corrected chi connectivity index (χ0v) is 14.2. The highest BCUT2D eigenvalue weighted by Crippen LogP contribution is 2.26. The van der Waals surface area contributed by atoms with Gasteiger partial charge in [-0.3, -0.25) is 19.1 Å². The largest absolute Gasteiger partial charge is 0.496 e. The lowest BCUT2D eigenvalue weighted by molar-refractivity contribution is 0.0972. The highest BCUT2D eigenvalue weighted by atomic mass is 16.5. The van der Waals surface area contributed by atoms with Crippen LogP contribution < -0.4 is 16.0 Å². The third-order valence-corrected chi connectivity index (χ3v) is 4.77. The number of H-pyrrole nitrogens is 1. The second kappa shape index (κ2) is 6.25. The van der Waals surface area contributed by atoms with E-state index in [2.05, 4.69) is 9.97 Å². The van der Waals surface area contributed by atoms with Crippen molar-refractivity contribution in [1.29, 1.82) is 0 Å². The van der Waals surface area contributed by atoms with E-state index in [4.69, 9.17) is 4.74 Å². The molecule has 0 aliphatic heterocycles. The molecule has 2 aromatic heterocycles. The number of hydrogen-bond donors (Lipinski definition) is 1. The lowest BCUT2D eigenvalue weighted by Gasteiger charge is -2.18. The summed E-state index contributed by atoms with van der Waals surface area (Å²) in [6.45, 7) is 0.204. The van der Waals surface area contributed by atoms with E-state index in [1.807, 2.05) is 24.3 Å². The fourth-order valence-corrected chi connectivity index (χ4v) is 3.52. The molecule has 4 rings (SSSR count). The molecule has 0 saturated carbocycles. The van der Waals surface area contributed by atoms with Crippen molar-refractivity contribution < 1.29 is 9.53 Å². The number of benzene rings is 1. The summed E-state index contributed by atoms with van der Waals surface area (Å²) in [6, 6.07) is 7.35. The molecule has 26 heavy (non-hydrogen) atoms. The number of para-hydroxylation sites is 1. The zero-order chi connectivity index (χ0) is 18.3. The highest BCUT2D eigenvalue weighted by molar-refractivity contribution is 6.01. The van der Waals surface area contributed by atoms with E-state index >= 15 is 0 Å². The van der Waals surface area contributed by atoms with Crippen LogP contribution in [0.25, 0.3) is 11.0 Å². The number of aryl methyl sites for hydroxylation is 1. The van der Waals surface area contributed by atoms with Gasteiger partial charge in [0.2, 0.25) is 0 Å². The Morgan fingerprint density at radius 2 is 2.00 bits per heavy atom. The van der Waals surface area contributed by atoms with Gasteiger partial charge in [-0.15, -0.1) is 0 Å². The normalized spacial score (nSPS) is 13.7. The maximum atomic E-state index is 12.5. The van der Waals surface area contributed by atoms with E-state index in [-0.39, 0.29) is 18.0 Å². The molecule has 1 aliphatic carbocycles. The number of carbonyl (C=O) groups is 1. The summed E-state index contributed by atoms with van der Waals surface area (Å²) < 4.78 is 6.76. The minimum absolute atomic E-state index is 0.0115. The van der Waals surface area contributed by atoms with Crippen molar-refractivity contribution in [1.82, 2.24) is 14.5 Å². The molecule has 7 heteroatoms. The van der Waals surface area contributed by atoms with Gasteiger partial charge in [0, 0.05) is 23.7 Å². The number of rotatable bonds is 3. The Labute approximate surface area is 148 Å². The lowest BCUT2D eigenvalue weighted by atomic mass is 9.90. The van der Waals surface area contributed by atoms with Crippen molar-refractivity contribution in [3.8, 4) is 5.75 Å². The SMILES string of the molecule is COc1ccccc1Cn1c(=O)[nH]c(=O)c2c3c(cnc21)C(=O)CCC3. The quantitative estimate of drug-likeness (QED) is 0.774. The van der Waals surface area contributed by atoms with Crippen LogP contribution in [0, 0.1) is 0 Å². The van der Waals surface area contributed by atoms with E-state index in [1.54, 1.807) is 7.11 Å². The summed E-state index contributed by atoms with van der Waals surface area (Å²) >= 11 is 0. The number of hydrogen-bond acceptors (Lipinski definition) is 5. The van der Waals surface area contributed by atoms with Crippen molar-refractivity contribution in [3.63, 3.8) is 0 Å². The molecule has 1 aromatic carbocycles. The number of aromatic nitrogens is 3. The van der Waals surface area contributed by atoms with Crippen molar-refractivity contribution in [2.45, 2.75) is 25.8 Å². The van der Waals surface area contributed by atoms with E-state index in [9.17, 15) is 14.4 Å². The predicted molar refractivity (Wildman–Crippen MR) is 96.0 cm³/mol. The topological polar surface area (TPSA) is 94.1 Å². The molecule has 1 aliphatic rings. The van der Waals surface area contributed by atoms with Crippen LogP contribution in [-0.4, -0.2) is 27.4 Å². The molecular formula is C19H17N3O4. The molecule has 0 unspecified atom stereocenters. The third-order valence-electron chi connectivity index (χ3n) is 4.77. The standard InChI is InChI=1S/C19H17N3O4/c1-26-15-8-3-2-5-11(15)10-22-17-16(18(24)21-19(22)25)12-6-4-7-14(23)13(12)9-20-17/h2-3,5,8-9H,4,6-7,10H2,1H3,(H,21,24,25). The van der Waals surface area contributed by atoms with Gasteiger partial charge < -0.3 is 4.74 Å². The summed E-state index contributed by atoms with van der Waals surface area (Å²) in [5.74, 6) is 0.634. The number of aromatic amines is 1. The maximum Gasteiger partial charge on any atom is 0.330 e. The molecule has 0 saturated heterocycles. The molecular weight excluding hydrogens is 334 g/mol. The van der Waals surface area contributed by atoms with Crippen LogP contribution in [0.5, 0.6) is 5.75 Å². The second-order valence-electron chi connectivity index (χ2n) is 6.28. The second-order valence-corrected chi connectivity index (χ2v) is 6.28. The molecule has 3 aromatic rings. The number of ether oxygens (including phenoxy) is 1. The number of pyridine rings is 1. The van der Waals surface area contributed by atoms with Crippen molar-refractivity contribution in [2.24, 2.45) is 0 Å². The highest BCUT2D eigenvalue weighted by Gasteiger charge is 2.23. The van der Waals surface area contributed by atoms with Gasteiger partial charge in [0.25, 0.3) is 5.56 Å². The average Bonchev–Trinajstić information content (AvgIpc) is 2.65. The molecule has 0 radical (unpaired) electrons. The van der Waals surface area contributed by atoms with Crippen LogP contribution in [0.4, 0.5) is 0 Å². The first kappa shape index (κ1) is 16.3. The monoisotopic (exact) mass is 351 g/mol. The van der Waals surface area contributed by atoms with Gasteiger partial charge >= 0.3 is 5.69 Å². The van der Waals surface area contributed by atoms with Gasteiger partial charge in [-0.05, 0) is 24.5 Å². The first-order chi connectivity index (χ1) is 12.6. The Balaban J connectivity index is 1.97. The van der Waals surface area contributed by atoms with E-state index in [0.717, 1.165) is 5.56 Å². The number of Topliss-reactive ketones (excluding diaryl/α,β-unsaturated/α-hetero) is 1. The van der Waals surface area contributed by atoms with Gasteiger partial charge in [-0.25, -0.2) is 9.78 Å². The summed E-state index contributed by atoms with van der Waals surface area (Å²) in [4.78, 5) is 43.7. The van der Waals surface area contributed by atoms with Gasteiger partial charge in [0.1, 0.15) is 11.4 Å². The summed E-state index contributed by atoms with van der Waals surface area (Å²) in [7, 11) is 1.56. The fourth-order valence-electron chi connectivity index (χ4n) is 3.52. The van der Waals surface area contributed by atoms with Gasteiger partial charge in [0.15, 0.2) is 5.78 Å². The molecule has 1 N–H and O–H groups in total. The minimum atomic E-state index is -0.539. The third kappa shape index (κ3) is 2.52. The number of nitrogens with one attached hydrogen (secondary N) is 1. The summed E-state index contributed by atoms with van der Waals surface area (Å²) in [5.41, 5.74) is 1.21. The molecule has 0 spiro atoms. The number of fused-ring (bicyclic) bond motifs is 3. The Kier molecular flexibility index (Phi) is 3.91. The predicted octanol–water partition coefficient (Wildman–Crippen LogP) is 1.66. The molecule has 0 fully saturated rings. The van der Waals surface area contributed by atoms with Crippen LogP contribution in [0.2, 0.25) is 0 Å². The van der Waals surface area contributed by atoms with Crippen LogP contribution in [0.1, 0.15) is 34.3 Å². The number of methoxy groups -OCH3 is 1. The molecule has 132 valence electrons. The van der Waals surface area contributed by atoms with E-state index in [0.29, 0.717) is 41.5 Å². The van der Waals surface area contributed by atoms with Gasteiger partial charge in [0.05, 0.1) is 19.0 Å². The summed E-state index contributed by atoms with van der Waals surface area (Å²) in [6.07, 6.45) is 3.25. The molecule has 2 heterocycles. The van der Waals surface area contributed by atoms with Crippen molar-refractivity contribution in [2.75, 3.05) is 7.11 Å². The maximum absolute atomic E-state index is 12.5. The van der Waals surface area contributed by atoms with Crippen molar-refractivity contribution >= 4 is 16.8 Å². The first-order valence-electron chi connectivity index (χ1n) is 8.40. The van der Waals surface area contributed by atoms with Crippen LogP contribution >= 0.6 is 0 Å². The molecule has 0 amide bonds. The number of carbonyl (C=O) groups excluding carboxylic acids is 1. The van der Waals surface area contributed by atoms with Crippen LogP contribution in [-0.2, 0) is 13.0 Å². The average molecular weight is 351 g/mol. The molecule has 7 nitrogen and oxygen atoms in total. The minimum Gasteiger partial charge on any atom is -0.496 e. The Morgan fingerprint density at radius 1 is 1.19 bits per heavy atom. The smallest absolute Gasteiger partial charge is 0.330 e. The fraction of sp³-hybridized carbons (Fsp3) is 0.263. The van der Waals surface area contributed by atoms with Crippen LogP contribution in [0.3, 0.4) is 0 Å². The Bertz CT molecular complexity index is 1140. The first-order valence-corrected chi connectivity index (χ1v) is 8.40. The number of ketones is 1. The van der Waals surface area contributed by atoms with E-state index in [1.165, 1.54) is 10.8 Å². The summed E-state index contributed by atoms with van der Waals surface area (Å²) in [5, 5.41) is 0.324. The van der Waals surface area contributed by atoms with Gasteiger partial charge in [-0.2, -0.15) is 0 Å². The van der Waals surface area contributed by atoms with Crippen LogP contribution in [0.15, 0.2) is 40.1 Å². The Morgan fingerprint density at radius 3 is 2.81 bits per heavy atom.